The van der Waals surface area contributed by atoms with Gasteiger partial charge in [0.15, 0.2) is 0 Å². The van der Waals surface area contributed by atoms with E-state index < -0.39 is 23.7 Å². The summed E-state index contributed by atoms with van der Waals surface area (Å²) in [5.74, 6) is -2.13. The van der Waals surface area contributed by atoms with Crippen LogP contribution < -0.4 is 9.64 Å². The summed E-state index contributed by atoms with van der Waals surface area (Å²) in [5, 5.41) is 4.07. The molecule has 6 heteroatoms. The zero-order chi connectivity index (χ0) is 24.4. The Morgan fingerprint density at radius 3 is 2.29 bits per heavy atom. The van der Waals surface area contributed by atoms with Crippen LogP contribution in [0.5, 0.6) is 5.75 Å². The van der Waals surface area contributed by atoms with E-state index in [1.807, 2.05) is 60.0 Å². The normalized spacial score (nSPS) is 18.2. The van der Waals surface area contributed by atoms with Gasteiger partial charge in [0.25, 0.3) is 5.91 Å². The van der Waals surface area contributed by atoms with E-state index in [1.165, 1.54) is 4.90 Å². The highest BCUT2D eigenvalue weighted by Crippen LogP contribution is 2.44. The quantitative estimate of drug-likeness (QED) is 0.298. The lowest BCUT2D eigenvalue weighted by molar-refractivity contribution is -0.139. The molecule has 176 valence electrons. The van der Waals surface area contributed by atoms with Crippen LogP contribution in [0.2, 0.25) is 0 Å². The molecule has 2 aromatic carbocycles. The van der Waals surface area contributed by atoms with E-state index in [9.17, 15) is 14.4 Å². The lowest BCUT2D eigenvalue weighted by Crippen LogP contribution is -2.32. The molecule has 1 amide bonds. The van der Waals surface area contributed by atoms with Gasteiger partial charge in [-0.05, 0) is 52.1 Å². The van der Waals surface area contributed by atoms with Crippen LogP contribution in [0.1, 0.15) is 39.3 Å². The molecule has 1 aromatic heterocycles. The topological polar surface area (TPSA) is 63.7 Å². The summed E-state index contributed by atoms with van der Waals surface area (Å²) in [6, 6.07) is 16.2. The fourth-order valence-electron chi connectivity index (χ4n) is 4.27. The van der Waals surface area contributed by atoms with Crippen molar-refractivity contribution >= 4 is 34.5 Å². The molecule has 4 rings (SSSR count). The van der Waals surface area contributed by atoms with Gasteiger partial charge in [-0.15, -0.1) is 0 Å². The molecule has 1 aliphatic rings. The Bertz CT molecular complexity index is 1180. The van der Waals surface area contributed by atoms with Gasteiger partial charge in [-0.25, -0.2) is 0 Å². The summed E-state index contributed by atoms with van der Waals surface area (Å²) < 4.78 is 6.06. The Labute approximate surface area is 204 Å². The maximum absolute atomic E-state index is 13.3. The summed E-state index contributed by atoms with van der Waals surface area (Å²) in [5.41, 5.74) is 3.37. The van der Waals surface area contributed by atoms with E-state index in [-0.39, 0.29) is 11.7 Å². The molecule has 1 fully saturated rings. The lowest BCUT2D eigenvalue weighted by Gasteiger charge is -2.29. The maximum Gasteiger partial charge on any atom is 0.295 e. The number of nitrogens with zero attached hydrogens (tertiary/aromatic N) is 1. The Morgan fingerprint density at radius 2 is 1.68 bits per heavy atom. The van der Waals surface area contributed by atoms with Crippen LogP contribution in [-0.4, -0.2) is 24.1 Å². The number of hydrogen-bond acceptors (Lipinski definition) is 5. The van der Waals surface area contributed by atoms with Crippen molar-refractivity contribution in [2.24, 2.45) is 17.8 Å². The number of carbonyl (C=O) groups is 3. The molecule has 5 nitrogen and oxygen atoms in total. The van der Waals surface area contributed by atoms with E-state index >= 15 is 0 Å². The summed E-state index contributed by atoms with van der Waals surface area (Å²) in [6.45, 7) is 8.12. The molecule has 0 saturated carbocycles. The van der Waals surface area contributed by atoms with Gasteiger partial charge in [0, 0.05) is 17.2 Å². The molecule has 2 unspecified atom stereocenters. The molecule has 0 bridgehead atoms. The molecular formula is C28H29NO4S. The molecule has 0 N–H and O–H groups in total. The molecule has 0 radical (unpaired) electrons. The highest BCUT2D eigenvalue weighted by molar-refractivity contribution is 7.08. The third-order valence-electron chi connectivity index (χ3n) is 5.99. The van der Waals surface area contributed by atoms with Gasteiger partial charge in [-0.3, -0.25) is 19.3 Å². The van der Waals surface area contributed by atoms with Crippen LogP contribution in [0.15, 0.2) is 65.4 Å². The van der Waals surface area contributed by atoms with Crippen molar-refractivity contribution in [2.75, 3.05) is 11.5 Å². The molecule has 1 saturated heterocycles. The maximum atomic E-state index is 13.3. The fourth-order valence-corrected chi connectivity index (χ4v) is 4.93. The van der Waals surface area contributed by atoms with Gasteiger partial charge >= 0.3 is 0 Å². The van der Waals surface area contributed by atoms with Gasteiger partial charge in [0.2, 0.25) is 5.78 Å². The minimum absolute atomic E-state index is 0.237. The van der Waals surface area contributed by atoms with Gasteiger partial charge in [-0.1, -0.05) is 58.0 Å². The number of Topliss-reactive ketones (excluding diaryl/α,β-unsaturated/α-hetero) is 2. The van der Waals surface area contributed by atoms with E-state index in [0.717, 1.165) is 11.1 Å². The zero-order valence-corrected chi connectivity index (χ0v) is 20.7. The lowest BCUT2D eigenvalue weighted by atomic mass is 9.84. The first-order valence-electron chi connectivity index (χ1n) is 11.5. The first kappa shape index (κ1) is 23.9. The second-order valence-electron chi connectivity index (χ2n) is 9.32. The van der Waals surface area contributed by atoms with Crippen molar-refractivity contribution < 1.29 is 19.1 Å². The standard InChI is InChI=1S/C28H29NO4S/c1-17(2)15-33-23-8-6-5-7-22(23)25-24(26(30)18(3)4)27(31)28(32)29(25)21-11-9-19(10-12-21)20-13-14-34-16-20/h5-14,16-18,24-25H,15H2,1-4H3. The van der Waals surface area contributed by atoms with Crippen LogP contribution in [0.4, 0.5) is 5.69 Å². The third-order valence-corrected chi connectivity index (χ3v) is 6.67. The molecule has 34 heavy (non-hydrogen) atoms. The highest BCUT2D eigenvalue weighted by Gasteiger charge is 2.53. The van der Waals surface area contributed by atoms with E-state index in [2.05, 4.69) is 19.2 Å². The van der Waals surface area contributed by atoms with Crippen LogP contribution in [0.3, 0.4) is 0 Å². The summed E-state index contributed by atoms with van der Waals surface area (Å²) in [6.07, 6.45) is 0. The zero-order valence-electron chi connectivity index (χ0n) is 19.9. The molecule has 0 aliphatic carbocycles. The van der Waals surface area contributed by atoms with Crippen LogP contribution in [-0.2, 0) is 14.4 Å². The Kier molecular flexibility index (Phi) is 6.98. The van der Waals surface area contributed by atoms with E-state index in [0.29, 0.717) is 29.5 Å². The third kappa shape index (κ3) is 4.55. The summed E-state index contributed by atoms with van der Waals surface area (Å²) in [4.78, 5) is 41.2. The molecule has 0 spiro atoms. The Balaban J connectivity index is 1.81. The van der Waals surface area contributed by atoms with E-state index in [1.54, 1.807) is 25.2 Å². The van der Waals surface area contributed by atoms with Gasteiger partial charge in [-0.2, -0.15) is 11.3 Å². The van der Waals surface area contributed by atoms with Gasteiger partial charge in [0.05, 0.1) is 12.6 Å². The van der Waals surface area contributed by atoms with Crippen molar-refractivity contribution in [1.82, 2.24) is 0 Å². The molecule has 1 aliphatic heterocycles. The number of hydrogen-bond donors (Lipinski definition) is 0. The number of thiophene rings is 1. The largest absolute Gasteiger partial charge is 0.493 e. The molecular weight excluding hydrogens is 446 g/mol. The van der Waals surface area contributed by atoms with Crippen molar-refractivity contribution in [1.29, 1.82) is 0 Å². The number of carbonyl (C=O) groups excluding carboxylic acids is 3. The van der Waals surface area contributed by atoms with Gasteiger partial charge < -0.3 is 4.74 Å². The first-order chi connectivity index (χ1) is 16.3. The van der Waals surface area contributed by atoms with Crippen LogP contribution in [0, 0.1) is 17.8 Å². The monoisotopic (exact) mass is 475 g/mol. The first-order valence-corrected chi connectivity index (χ1v) is 12.5. The predicted molar refractivity (Wildman–Crippen MR) is 135 cm³/mol. The van der Waals surface area contributed by atoms with Crippen LogP contribution >= 0.6 is 11.3 Å². The van der Waals surface area contributed by atoms with Crippen molar-refractivity contribution in [3.8, 4) is 16.9 Å². The predicted octanol–water partition coefficient (Wildman–Crippen LogP) is 5.95. The van der Waals surface area contributed by atoms with E-state index in [4.69, 9.17) is 4.74 Å². The number of rotatable bonds is 8. The molecule has 3 aromatic rings. The molecule has 2 atom stereocenters. The second-order valence-corrected chi connectivity index (χ2v) is 10.1. The minimum Gasteiger partial charge on any atom is -0.493 e. The molecule has 2 heterocycles. The Hall–Kier alpha value is -3.25. The van der Waals surface area contributed by atoms with Crippen molar-refractivity contribution in [2.45, 2.75) is 33.7 Å². The van der Waals surface area contributed by atoms with Gasteiger partial charge in [0.1, 0.15) is 17.5 Å². The smallest absolute Gasteiger partial charge is 0.295 e. The number of ketones is 2. The van der Waals surface area contributed by atoms with Crippen molar-refractivity contribution in [3.63, 3.8) is 0 Å². The number of para-hydroxylation sites is 1. The second kappa shape index (κ2) is 9.94. The average molecular weight is 476 g/mol. The summed E-state index contributed by atoms with van der Waals surface area (Å²) >= 11 is 1.62. The van der Waals surface area contributed by atoms with Crippen LogP contribution in [0.25, 0.3) is 11.1 Å². The number of ether oxygens (including phenoxy) is 1. The van der Waals surface area contributed by atoms with Crippen molar-refractivity contribution in [3.05, 3.63) is 70.9 Å². The number of anilines is 1. The SMILES string of the molecule is CC(C)COc1ccccc1C1C(C(=O)C(C)C)C(=O)C(=O)N1c1ccc(-c2ccsc2)cc1. The Morgan fingerprint density at radius 1 is 0.971 bits per heavy atom. The summed E-state index contributed by atoms with van der Waals surface area (Å²) in [7, 11) is 0. The fraction of sp³-hybridized carbons (Fsp3) is 0.321. The average Bonchev–Trinajstić information content (AvgIpc) is 3.45. The highest BCUT2D eigenvalue weighted by atomic mass is 32.1. The minimum atomic E-state index is -1.08. The number of benzene rings is 2. The number of amides is 1.